The molecule has 0 atom stereocenters. The minimum atomic E-state index is -0.167. The summed E-state index contributed by atoms with van der Waals surface area (Å²) in [6.45, 7) is 0.559. The van der Waals surface area contributed by atoms with Gasteiger partial charge in [0, 0.05) is 39.0 Å². The number of aromatic nitrogens is 3. The summed E-state index contributed by atoms with van der Waals surface area (Å²) in [6.07, 6.45) is 2.49. The Morgan fingerprint density at radius 3 is 2.89 bits per heavy atom. The SMILES string of the molecule is CNc1cccc(C(=O)NCCc2ccnn2C)n1. The molecule has 2 aromatic heterocycles. The van der Waals surface area contributed by atoms with Gasteiger partial charge >= 0.3 is 0 Å². The molecule has 2 N–H and O–H groups in total. The van der Waals surface area contributed by atoms with E-state index in [9.17, 15) is 4.79 Å². The Morgan fingerprint density at radius 1 is 1.37 bits per heavy atom. The van der Waals surface area contributed by atoms with Crippen molar-refractivity contribution in [2.75, 3.05) is 18.9 Å². The van der Waals surface area contributed by atoms with Crippen molar-refractivity contribution in [3.8, 4) is 0 Å². The number of hydrogen-bond acceptors (Lipinski definition) is 4. The molecule has 0 aliphatic rings. The van der Waals surface area contributed by atoms with E-state index in [1.807, 2.05) is 19.2 Å². The lowest BCUT2D eigenvalue weighted by atomic mass is 10.3. The topological polar surface area (TPSA) is 71.8 Å². The van der Waals surface area contributed by atoms with E-state index in [1.165, 1.54) is 0 Å². The van der Waals surface area contributed by atoms with Crippen LogP contribution in [-0.2, 0) is 13.5 Å². The van der Waals surface area contributed by atoms with Crippen molar-refractivity contribution in [3.63, 3.8) is 0 Å². The van der Waals surface area contributed by atoms with Gasteiger partial charge in [-0.1, -0.05) is 6.07 Å². The highest BCUT2D eigenvalue weighted by Crippen LogP contribution is 2.03. The van der Waals surface area contributed by atoms with E-state index in [1.54, 1.807) is 30.1 Å². The Hall–Kier alpha value is -2.37. The molecule has 1 amide bonds. The van der Waals surface area contributed by atoms with E-state index in [-0.39, 0.29) is 5.91 Å². The van der Waals surface area contributed by atoms with E-state index >= 15 is 0 Å². The number of hydrogen-bond donors (Lipinski definition) is 2. The van der Waals surface area contributed by atoms with Crippen LogP contribution in [0.5, 0.6) is 0 Å². The molecular weight excluding hydrogens is 242 g/mol. The van der Waals surface area contributed by atoms with Crippen LogP contribution >= 0.6 is 0 Å². The van der Waals surface area contributed by atoms with Crippen molar-refractivity contribution in [2.45, 2.75) is 6.42 Å². The zero-order valence-electron chi connectivity index (χ0n) is 11.1. The number of aryl methyl sites for hydroxylation is 1. The molecule has 0 saturated heterocycles. The van der Waals surface area contributed by atoms with Crippen LogP contribution in [0.2, 0.25) is 0 Å². The van der Waals surface area contributed by atoms with E-state index in [0.717, 1.165) is 12.1 Å². The Balaban J connectivity index is 1.89. The first-order valence-electron chi connectivity index (χ1n) is 6.10. The maximum Gasteiger partial charge on any atom is 0.269 e. The second-order valence-corrected chi connectivity index (χ2v) is 4.11. The number of carbonyl (C=O) groups is 1. The lowest BCUT2D eigenvalue weighted by molar-refractivity contribution is 0.0949. The smallest absolute Gasteiger partial charge is 0.269 e. The number of pyridine rings is 1. The molecule has 0 bridgehead atoms. The van der Waals surface area contributed by atoms with Gasteiger partial charge in [-0.3, -0.25) is 9.48 Å². The van der Waals surface area contributed by atoms with E-state index in [2.05, 4.69) is 20.7 Å². The first-order valence-corrected chi connectivity index (χ1v) is 6.10. The number of anilines is 1. The summed E-state index contributed by atoms with van der Waals surface area (Å²) in [5.41, 5.74) is 1.49. The quantitative estimate of drug-likeness (QED) is 0.834. The first-order chi connectivity index (χ1) is 9.20. The number of nitrogens with one attached hydrogen (secondary N) is 2. The molecule has 0 spiro atoms. The highest BCUT2D eigenvalue weighted by molar-refractivity contribution is 5.92. The molecule has 0 aliphatic heterocycles. The fourth-order valence-corrected chi connectivity index (χ4v) is 1.74. The van der Waals surface area contributed by atoms with Gasteiger partial charge in [-0.15, -0.1) is 0 Å². The Kier molecular flexibility index (Phi) is 4.12. The molecule has 2 rings (SSSR count). The van der Waals surface area contributed by atoms with Crippen LogP contribution in [0, 0.1) is 0 Å². The van der Waals surface area contributed by atoms with Crippen LogP contribution in [-0.4, -0.2) is 34.3 Å². The molecule has 2 heterocycles. The molecule has 6 heteroatoms. The second-order valence-electron chi connectivity index (χ2n) is 4.11. The molecule has 6 nitrogen and oxygen atoms in total. The van der Waals surface area contributed by atoms with Gasteiger partial charge < -0.3 is 10.6 Å². The Labute approximate surface area is 111 Å². The normalized spacial score (nSPS) is 10.2. The molecule has 19 heavy (non-hydrogen) atoms. The Bertz CT molecular complexity index is 564. The van der Waals surface area contributed by atoms with Gasteiger partial charge in [-0.2, -0.15) is 5.10 Å². The molecule has 0 fully saturated rings. The van der Waals surface area contributed by atoms with Crippen LogP contribution in [0.4, 0.5) is 5.82 Å². The fourth-order valence-electron chi connectivity index (χ4n) is 1.74. The summed E-state index contributed by atoms with van der Waals surface area (Å²) in [5.74, 6) is 0.513. The van der Waals surface area contributed by atoms with Crippen molar-refractivity contribution in [2.24, 2.45) is 7.05 Å². The van der Waals surface area contributed by atoms with Gasteiger partial charge in [-0.05, 0) is 18.2 Å². The number of amides is 1. The minimum Gasteiger partial charge on any atom is -0.373 e. The third kappa shape index (κ3) is 3.31. The predicted molar refractivity (Wildman–Crippen MR) is 73.0 cm³/mol. The average Bonchev–Trinajstić information content (AvgIpc) is 2.84. The lowest BCUT2D eigenvalue weighted by Crippen LogP contribution is -2.27. The van der Waals surface area contributed by atoms with E-state index in [4.69, 9.17) is 0 Å². The monoisotopic (exact) mass is 259 g/mol. The zero-order valence-corrected chi connectivity index (χ0v) is 11.1. The highest BCUT2D eigenvalue weighted by Gasteiger charge is 2.07. The van der Waals surface area contributed by atoms with E-state index < -0.39 is 0 Å². The molecular formula is C13H17N5O. The van der Waals surface area contributed by atoms with Crippen LogP contribution in [0.3, 0.4) is 0 Å². The third-order valence-electron chi connectivity index (χ3n) is 2.83. The van der Waals surface area contributed by atoms with Crippen LogP contribution in [0.1, 0.15) is 16.2 Å². The second kappa shape index (κ2) is 5.99. The molecule has 2 aromatic rings. The van der Waals surface area contributed by atoms with Crippen molar-refractivity contribution in [3.05, 3.63) is 41.9 Å². The summed E-state index contributed by atoms with van der Waals surface area (Å²) >= 11 is 0. The average molecular weight is 259 g/mol. The zero-order chi connectivity index (χ0) is 13.7. The summed E-state index contributed by atoms with van der Waals surface area (Å²) in [7, 11) is 3.65. The Morgan fingerprint density at radius 2 is 2.21 bits per heavy atom. The van der Waals surface area contributed by atoms with Gasteiger partial charge in [0.15, 0.2) is 0 Å². The first kappa shape index (κ1) is 13.1. The summed E-state index contributed by atoms with van der Waals surface area (Å²) < 4.78 is 1.80. The highest BCUT2D eigenvalue weighted by atomic mass is 16.1. The van der Waals surface area contributed by atoms with Crippen molar-refractivity contribution < 1.29 is 4.79 Å². The molecule has 0 radical (unpaired) electrons. The molecule has 0 saturated carbocycles. The summed E-state index contributed by atoms with van der Waals surface area (Å²) in [6, 6.07) is 7.24. The largest absolute Gasteiger partial charge is 0.373 e. The molecule has 0 aromatic carbocycles. The molecule has 0 aliphatic carbocycles. The minimum absolute atomic E-state index is 0.167. The van der Waals surface area contributed by atoms with Gasteiger partial charge in [0.1, 0.15) is 11.5 Å². The van der Waals surface area contributed by atoms with Gasteiger partial charge in [-0.25, -0.2) is 4.98 Å². The number of nitrogens with zero attached hydrogens (tertiary/aromatic N) is 3. The van der Waals surface area contributed by atoms with Crippen molar-refractivity contribution in [1.82, 2.24) is 20.1 Å². The molecule has 0 unspecified atom stereocenters. The van der Waals surface area contributed by atoms with Gasteiger partial charge in [0.25, 0.3) is 5.91 Å². The number of carbonyl (C=O) groups excluding carboxylic acids is 1. The summed E-state index contributed by atoms with van der Waals surface area (Å²) in [5, 5.41) is 9.83. The van der Waals surface area contributed by atoms with Gasteiger partial charge in [0.05, 0.1) is 0 Å². The fraction of sp³-hybridized carbons (Fsp3) is 0.308. The molecule has 100 valence electrons. The van der Waals surface area contributed by atoms with Crippen LogP contribution in [0.15, 0.2) is 30.5 Å². The third-order valence-corrected chi connectivity index (χ3v) is 2.83. The maximum absolute atomic E-state index is 11.9. The van der Waals surface area contributed by atoms with Gasteiger partial charge in [0.2, 0.25) is 0 Å². The lowest BCUT2D eigenvalue weighted by Gasteiger charge is -2.06. The maximum atomic E-state index is 11.9. The predicted octanol–water partition coefficient (Wildman–Crippen LogP) is 0.829. The number of rotatable bonds is 5. The van der Waals surface area contributed by atoms with Crippen molar-refractivity contribution in [1.29, 1.82) is 0 Å². The van der Waals surface area contributed by atoms with Crippen LogP contribution < -0.4 is 10.6 Å². The standard InChI is InChI=1S/C13H17N5O/c1-14-12-5-3-4-11(17-12)13(19)15-8-6-10-7-9-16-18(10)2/h3-5,7,9H,6,8H2,1-2H3,(H,14,17)(H,15,19). The van der Waals surface area contributed by atoms with Crippen molar-refractivity contribution >= 4 is 11.7 Å². The van der Waals surface area contributed by atoms with Crippen LogP contribution in [0.25, 0.3) is 0 Å². The van der Waals surface area contributed by atoms with E-state index in [0.29, 0.717) is 18.1 Å². The summed E-state index contributed by atoms with van der Waals surface area (Å²) in [4.78, 5) is 16.1.